The van der Waals surface area contributed by atoms with Crippen molar-refractivity contribution in [1.29, 1.82) is 0 Å². The summed E-state index contributed by atoms with van der Waals surface area (Å²) in [5.74, 6) is -0.162. The number of carbonyl (C=O) groups excluding carboxylic acids is 2. The Morgan fingerprint density at radius 1 is 1.15 bits per heavy atom. The van der Waals surface area contributed by atoms with Gasteiger partial charge in [0.15, 0.2) is 0 Å². The molecule has 2 aromatic rings. The van der Waals surface area contributed by atoms with E-state index in [1.54, 1.807) is 19.1 Å². The molecular weight excluding hydrogens is 556 g/mol. The van der Waals surface area contributed by atoms with Crippen molar-refractivity contribution in [1.82, 2.24) is 9.97 Å². The minimum Gasteiger partial charge on any atom is -0.465 e. The molecule has 1 saturated heterocycles. The van der Waals surface area contributed by atoms with Crippen molar-refractivity contribution in [3.63, 3.8) is 0 Å². The average molecular weight is 596 g/mol. The second kappa shape index (κ2) is 12.9. The molecular formula is C28H39F2N5O3S2. The maximum Gasteiger partial charge on any atom is 0.317 e. The Labute approximate surface area is 240 Å². The zero-order chi connectivity index (χ0) is 28.9. The van der Waals surface area contributed by atoms with Gasteiger partial charge in [-0.3, -0.25) is 9.59 Å². The fourth-order valence-corrected chi connectivity index (χ4v) is 7.12. The summed E-state index contributed by atoms with van der Waals surface area (Å²) in [4.78, 5) is 36.6. The molecule has 1 aromatic carbocycles. The number of halogens is 2. The zero-order valence-electron chi connectivity index (χ0n) is 23.6. The van der Waals surface area contributed by atoms with Crippen LogP contribution in [-0.4, -0.2) is 77.2 Å². The lowest BCUT2D eigenvalue weighted by Gasteiger charge is -2.42. The zero-order valence-corrected chi connectivity index (χ0v) is 25.2. The van der Waals surface area contributed by atoms with Crippen molar-refractivity contribution >= 4 is 51.0 Å². The van der Waals surface area contributed by atoms with Crippen LogP contribution in [-0.2, 0) is 9.53 Å². The van der Waals surface area contributed by atoms with Crippen molar-refractivity contribution in [3.8, 4) is 0 Å². The third kappa shape index (κ3) is 8.22. The van der Waals surface area contributed by atoms with Crippen molar-refractivity contribution < 1.29 is 23.1 Å². The topological polar surface area (TPSA) is 96.4 Å². The predicted molar refractivity (Wildman–Crippen MR) is 161 cm³/mol. The van der Waals surface area contributed by atoms with Gasteiger partial charge in [-0.15, -0.1) is 0 Å². The maximum absolute atomic E-state index is 13.7. The lowest BCUT2D eigenvalue weighted by molar-refractivity contribution is -0.139. The Kier molecular flexibility index (Phi) is 9.81. The van der Waals surface area contributed by atoms with E-state index in [4.69, 9.17) is 4.74 Å². The first kappa shape index (κ1) is 30.4. The molecule has 0 unspecified atom stereocenters. The number of nitrogens with zero attached hydrogens (tertiary/aromatic N) is 3. The van der Waals surface area contributed by atoms with Crippen LogP contribution in [0.1, 0.15) is 60.4 Å². The Morgan fingerprint density at radius 2 is 1.85 bits per heavy atom. The minimum atomic E-state index is -2.63. The lowest BCUT2D eigenvalue weighted by atomic mass is 9.86. The molecule has 2 aliphatic rings. The van der Waals surface area contributed by atoms with Crippen LogP contribution in [0.4, 0.5) is 26.0 Å². The summed E-state index contributed by atoms with van der Waals surface area (Å²) in [6.45, 7) is 5.63. The summed E-state index contributed by atoms with van der Waals surface area (Å²) in [5.41, 5.74) is 2.80. The molecule has 12 heteroatoms. The highest BCUT2D eigenvalue weighted by Crippen LogP contribution is 2.43. The summed E-state index contributed by atoms with van der Waals surface area (Å²) >= 11 is 1.24. The van der Waals surface area contributed by atoms with Crippen LogP contribution in [0.15, 0.2) is 24.3 Å². The Hall–Kier alpha value is -2.60. The molecule has 1 aromatic heterocycles. The first-order valence-electron chi connectivity index (χ1n) is 13.6. The molecule has 1 aliphatic carbocycles. The van der Waals surface area contributed by atoms with Crippen LogP contribution >= 0.6 is 22.0 Å². The second-order valence-corrected chi connectivity index (χ2v) is 16.1. The molecule has 8 nitrogen and oxygen atoms in total. The van der Waals surface area contributed by atoms with Crippen LogP contribution in [0, 0.1) is 6.92 Å². The molecule has 2 heterocycles. The SMILES string of the molecule is CCOC(=O)CSNc1ccc(C(=O)Nc2cc(C)nc(C3CCC(F)(F)CC3)n2)c(N2CCS(C)(C)CC2)c1. The molecule has 0 spiro atoms. The molecule has 0 radical (unpaired) electrons. The normalized spacial score (nSPS) is 19.5. The van der Waals surface area contributed by atoms with Gasteiger partial charge in [-0.2, -0.15) is 0 Å². The van der Waals surface area contributed by atoms with Crippen molar-refractivity contribution in [2.45, 2.75) is 51.4 Å². The summed E-state index contributed by atoms with van der Waals surface area (Å²) in [6, 6.07) is 7.24. The van der Waals surface area contributed by atoms with Gasteiger partial charge in [0, 0.05) is 49.3 Å². The van der Waals surface area contributed by atoms with Gasteiger partial charge in [0.25, 0.3) is 5.91 Å². The number of benzene rings is 1. The molecule has 1 aliphatic heterocycles. The number of rotatable bonds is 9. The molecule has 220 valence electrons. The maximum atomic E-state index is 13.7. The van der Waals surface area contributed by atoms with E-state index in [-0.39, 0.29) is 36.4 Å². The van der Waals surface area contributed by atoms with E-state index in [0.29, 0.717) is 42.3 Å². The largest absolute Gasteiger partial charge is 0.465 e. The second-order valence-electron chi connectivity index (χ2n) is 10.9. The number of amides is 1. The van der Waals surface area contributed by atoms with Crippen LogP contribution in [0.3, 0.4) is 0 Å². The number of nitrogens with one attached hydrogen (secondary N) is 2. The first-order chi connectivity index (χ1) is 18.9. The van der Waals surface area contributed by atoms with E-state index < -0.39 is 16.0 Å². The Balaban J connectivity index is 1.53. The number of aryl methyl sites for hydroxylation is 1. The van der Waals surface area contributed by atoms with Gasteiger partial charge in [0.1, 0.15) is 17.4 Å². The number of ether oxygens (including phenoxy) is 1. The monoisotopic (exact) mass is 595 g/mol. The highest BCUT2D eigenvalue weighted by Gasteiger charge is 2.36. The van der Waals surface area contributed by atoms with E-state index in [0.717, 1.165) is 36.0 Å². The summed E-state index contributed by atoms with van der Waals surface area (Å²) in [5, 5.41) is 2.94. The number of alkyl halides is 2. The molecule has 0 bridgehead atoms. The predicted octanol–water partition coefficient (Wildman–Crippen LogP) is 5.84. The number of hydrogen-bond acceptors (Lipinski definition) is 8. The summed E-state index contributed by atoms with van der Waals surface area (Å²) in [7, 11) is -0.650. The van der Waals surface area contributed by atoms with Gasteiger partial charge in [0.05, 0.1) is 17.9 Å². The number of carbonyl (C=O) groups is 2. The third-order valence-corrected chi connectivity index (χ3v) is 10.6. The Morgan fingerprint density at radius 3 is 2.52 bits per heavy atom. The fourth-order valence-electron chi connectivity index (χ4n) is 4.92. The first-order valence-corrected chi connectivity index (χ1v) is 17.4. The van der Waals surface area contributed by atoms with Gasteiger partial charge >= 0.3 is 5.97 Å². The van der Waals surface area contributed by atoms with E-state index >= 15 is 0 Å². The third-order valence-electron chi connectivity index (χ3n) is 7.29. The Bertz CT molecular complexity index is 1210. The van der Waals surface area contributed by atoms with Crippen molar-refractivity contribution in [3.05, 3.63) is 41.3 Å². The van der Waals surface area contributed by atoms with Crippen molar-refractivity contribution in [2.24, 2.45) is 0 Å². The molecule has 2 N–H and O–H groups in total. The number of anilines is 3. The quantitative estimate of drug-likeness (QED) is 0.276. The highest BCUT2D eigenvalue weighted by molar-refractivity contribution is 8.32. The molecule has 0 atom stereocenters. The van der Waals surface area contributed by atoms with Crippen molar-refractivity contribution in [2.75, 3.05) is 64.4 Å². The van der Waals surface area contributed by atoms with Gasteiger partial charge < -0.3 is 19.7 Å². The number of esters is 1. The molecule has 4 rings (SSSR count). The standard InChI is InChI=1S/C28H39F2N5O3S2/c1-5-38-25(36)18-39-34-21-6-7-22(23(17-21)35-12-14-40(3,4)15-13-35)27(37)33-24-16-19(2)31-26(32-24)20-8-10-28(29,30)11-9-20/h6-7,16-17,20,34H,5,8-15,18H2,1-4H3,(H,31,32,33,37). The molecule has 40 heavy (non-hydrogen) atoms. The average Bonchev–Trinajstić information content (AvgIpc) is 2.88. The smallest absolute Gasteiger partial charge is 0.317 e. The summed E-state index contributed by atoms with van der Waals surface area (Å²) in [6.07, 6.45) is 4.97. The van der Waals surface area contributed by atoms with Gasteiger partial charge in [-0.05, 0) is 80.9 Å². The lowest BCUT2D eigenvalue weighted by Crippen LogP contribution is -2.39. The van der Waals surface area contributed by atoms with Gasteiger partial charge in [0.2, 0.25) is 5.92 Å². The molecule has 2 fully saturated rings. The van der Waals surface area contributed by atoms with Gasteiger partial charge in [-0.25, -0.2) is 28.8 Å². The van der Waals surface area contributed by atoms with Crippen LogP contribution in [0.2, 0.25) is 0 Å². The highest BCUT2D eigenvalue weighted by atomic mass is 32.3. The van der Waals surface area contributed by atoms with E-state index in [1.165, 1.54) is 11.9 Å². The fraction of sp³-hybridized carbons (Fsp3) is 0.571. The van der Waals surface area contributed by atoms with Crippen LogP contribution in [0.25, 0.3) is 0 Å². The minimum absolute atomic E-state index is 0.151. The summed E-state index contributed by atoms with van der Waals surface area (Å²) < 4.78 is 35.5. The van der Waals surface area contributed by atoms with Crippen LogP contribution < -0.4 is 14.9 Å². The van der Waals surface area contributed by atoms with E-state index in [1.807, 2.05) is 19.1 Å². The molecule has 1 amide bonds. The number of aromatic nitrogens is 2. The van der Waals surface area contributed by atoms with E-state index in [2.05, 4.69) is 37.4 Å². The molecule has 1 saturated carbocycles. The number of hydrogen-bond donors (Lipinski definition) is 2. The van der Waals surface area contributed by atoms with Gasteiger partial charge in [-0.1, -0.05) is 0 Å². The van der Waals surface area contributed by atoms with E-state index in [9.17, 15) is 18.4 Å². The van der Waals surface area contributed by atoms with Crippen LogP contribution in [0.5, 0.6) is 0 Å².